The van der Waals surface area contributed by atoms with E-state index in [1.54, 1.807) is 25.1 Å². The lowest BCUT2D eigenvalue weighted by atomic mass is 10.2. The SMILES string of the molecule is Cc1ccc(S(=O)(=O)NCCC(=O)Nc2cc(F)ccc2C)cc1. The fourth-order valence-electron chi connectivity index (χ4n) is 2.04. The minimum absolute atomic E-state index is 0.0452. The second kappa shape index (κ2) is 7.55. The molecule has 0 aliphatic carbocycles. The van der Waals surface area contributed by atoms with Crippen molar-refractivity contribution in [1.82, 2.24) is 4.72 Å². The van der Waals surface area contributed by atoms with Crippen LogP contribution in [0.15, 0.2) is 47.4 Å². The summed E-state index contributed by atoms with van der Waals surface area (Å²) in [6.07, 6.45) is -0.0545. The van der Waals surface area contributed by atoms with Crippen LogP contribution in [0.3, 0.4) is 0 Å². The number of rotatable bonds is 6. The van der Waals surface area contributed by atoms with Crippen LogP contribution in [0.25, 0.3) is 0 Å². The van der Waals surface area contributed by atoms with E-state index in [-0.39, 0.29) is 17.9 Å². The molecule has 2 aromatic rings. The maximum Gasteiger partial charge on any atom is 0.240 e. The fourth-order valence-corrected chi connectivity index (χ4v) is 3.07. The second-order valence-corrected chi connectivity index (χ2v) is 7.24. The summed E-state index contributed by atoms with van der Waals surface area (Å²) in [5.74, 6) is -0.841. The van der Waals surface area contributed by atoms with E-state index in [4.69, 9.17) is 0 Å². The molecule has 0 saturated heterocycles. The molecule has 0 bridgehead atoms. The Hall–Kier alpha value is -2.25. The molecule has 0 aliphatic heterocycles. The topological polar surface area (TPSA) is 75.3 Å². The molecular formula is C17H19FN2O3S. The van der Waals surface area contributed by atoms with Crippen LogP contribution in [0.4, 0.5) is 10.1 Å². The quantitative estimate of drug-likeness (QED) is 0.841. The zero-order chi connectivity index (χ0) is 17.7. The van der Waals surface area contributed by atoms with Crippen LogP contribution >= 0.6 is 0 Å². The lowest BCUT2D eigenvalue weighted by Crippen LogP contribution is -2.28. The summed E-state index contributed by atoms with van der Waals surface area (Å²) < 4.78 is 39.7. The van der Waals surface area contributed by atoms with E-state index in [0.717, 1.165) is 11.1 Å². The smallest absolute Gasteiger partial charge is 0.240 e. The van der Waals surface area contributed by atoms with Crippen LogP contribution in [0.1, 0.15) is 17.5 Å². The van der Waals surface area contributed by atoms with E-state index in [1.807, 2.05) is 6.92 Å². The van der Waals surface area contributed by atoms with Crippen molar-refractivity contribution >= 4 is 21.6 Å². The number of hydrogen-bond acceptors (Lipinski definition) is 3. The number of sulfonamides is 1. The summed E-state index contributed by atoms with van der Waals surface area (Å²) in [5, 5.41) is 2.57. The number of halogens is 1. The van der Waals surface area contributed by atoms with Gasteiger partial charge in [-0.1, -0.05) is 23.8 Å². The molecule has 0 unspecified atom stereocenters. The molecule has 0 aromatic heterocycles. The van der Waals surface area contributed by atoms with E-state index in [1.165, 1.54) is 24.3 Å². The largest absolute Gasteiger partial charge is 0.326 e. The molecule has 2 rings (SSSR count). The van der Waals surface area contributed by atoms with Crippen molar-refractivity contribution in [3.05, 3.63) is 59.4 Å². The maximum absolute atomic E-state index is 13.2. The summed E-state index contributed by atoms with van der Waals surface area (Å²) in [7, 11) is -3.65. The molecule has 0 atom stereocenters. The lowest BCUT2D eigenvalue weighted by molar-refractivity contribution is -0.116. The maximum atomic E-state index is 13.2. The van der Waals surface area contributed by atoms with Gasteiger partial charge in [-0.25, -0.2) is 17.5 Å². The normalized spacial score (nSPS) is 11.3. The zero-order valence-corrected chi connectivity index (χ0v) is 14.3. The third-order valence-electron chi connectivity index (χ3n) is 3.45. The Morgan fingerprint density at radius 1 is 1.08 bits per heavy atom. The average Bonchev–Trinajstić information content (AvgIpc) is 2.51. The fraction of sp³-hybridized carbons (Fsp3) is 0.235. The molecule has 0 radical (unpaired) electrons. The molecule has 0 heterocycles. The number of benzene rings is 2. The minimum Gasteiger partial charge on any atom is -0.326 e. The van der Waals surface area contributed by atoms with Gasteiger partial charge >= 0.3 is 0 Å². The highest BCUT2D eigenvalue weighted by atomic mass is 32.2. The Morgan fingerprint density at radius 3 is 2.42 bits per heavy atom. The first-order chi connectivity index (χ1) is 11.3. The van der Waals surface area contributed by atoms with Gasteiger partial charge in [0.1, 0.15) is 5.82 Å². The minimum atomic E-state index is -3.65. The van der Waals surface area contributed by atoms with Gasteiger partial charge in [0.05, 0.1) is 4.90 Å². The monoisotopic (exact) mass is 350 g/mol. The van der Waals surface area contributed by atoms with E-state index in [9.17, 15) is 17.6 Å². The predicted octanol–water partition coefficient (Wildman–Crippen LogP) is 2.75. The first-order valence-corrected chi connectivity index (χ1v) is 8.88. The molecule has 1 amide bonds. The molecule has 5 nitrogen and oxygen atoms in total. The van der Waals surface area contributed by atoms with Crippen molar-refractivity contribution < 1.29 is 17.6 Å². The number of carbonyl (C=O) groups is 1. The number of nitrogens with one attached hydrogen (secondary N) is 2. The van der Waals surface area contributed by atoms with Crippen molar-refractivity contribution in [2.24, 2.45) is 0 Å². The zero-order valence-electron chi connectivity index (χ0n) is 13.5. The van der Waals surface area contributed by atoms with Gasteiger partial charge in [-0.05, 0) is 43.7 Å². The van der Waals surface area contributed by atoms with Crippen molar-refractivity contribution in [3.63, 3.8) is 0 Å². The molecule has 0 spiro atoms. The summed E-state index contributed by atoms with van der Waals surface area (Å²) in [6, 6.07) is 10.5. The van der Waals surface area contributed by atoms with Gasteiger partial charge in [0, 0.05) is 18.7 Å². The Balaban J connectivity index is 1.90. The lowest BCUT2D eigenvalue weighted by Gasteiger charge is -2.09. The van der Waals surface area contributed by atoms with Crippen LogP contribution in [0, 0.1) is 19.7 Å². The van der Waals surface area contributed by atoms with Gasteiger partial charge in [0.25, 0.3) is 0 Å². The highest BCUT2D eigenvalue weighted by molar-refractivity contribution is 7.89. The first kappa shape index (κ1) is 18.1. The highest BCUT2D eigenvalue weighted by Crippen LogP contribution is 2.16. The number of hydrogen-bond donors (Lipinski definition) is 2. The van der Waals surface area contributed by atoms with Crippen molar-refractivity contribution in [1.29, 1.82) is 0 Å². The van der Waals surface area contributed by atoms with Crippen molar-refractivity contribution in [2.45, 2.75) is 25.2 Å². The third-order valence-corrected chi connectivity index (χ3v) is 4.93. The molecule has 0 aliphatic rings. The van der Waals surface area contributed by atoms with Crippen LogP contribution in [0.5, 0.6) is 0 Å². The van der Waals surface area contributed by atoms with Crippen LogP contribution in [-0.4, -0.2) is 20.9 Å². The highest BCUT2D eigenvalue weighted by Gasteiger charge is 2.14. The molecule has 128 valence electrons. The standard InChI is InChI=1S/C17H19FN2O3S/c1-12-3-7-15(8-4-12)24(22,23)19-10-9-17(21)20-16-11-14(18)6-5-13(16)2/h3-8,11,19H,9-10H2,1-2H3,(H,20,21). The number of carbonyl (C=O) groups excluding carboxylic acids is 1. The first-order valence-electron chi connectivity index (χ1n) is 7.40. The van der Waals surface area contributed by atoms with Crippen LogP contribution in [-0.2, 0) is 14.8 Å². The Labute approximate surface area is 141 Å². The van der Waals surface area contributed by atoms with Crippen molar-refractivity contribution in [3.8, 4) is 0 Å². The van der Waals surface area contributed by atoms with Crippen molar-refractivity contribution in [2.75, 3.05) is 11.9 Å². The van der Waals surface area contributed by atoms with Gasteiger partial charge in [-0.3, -0.25) is 4.79 Å². The van der Waals surface area contributed by atoms with Crippen LogP contribution in [0.2, 0.25) is 0 Å². The average molecular weight is 350 g/mol. The molecule has 7 heteroatoms. The molecular weight excluding hydrogens is 331 g/mol. The third kappa shape index (κ3) is 4.87. The summed E-state index contributed by atoms with van der Waals surface area (Å²) in [6.45, 7) is 3.56. The number of anilines is 1. The number of aryl methyl sites for hydroxylation is 2. The molecule has 2 aromatic carbocycles. The van der Waals surface area contributed by atoms with Gasteiger partial charge in [0.2, 0.25) is 15.9 Å². The molecule has 2 N–H and O–H groups in total. The van der Waals surface area contributed by atoms with Gasteiger partial charge in [-0.2, -0.15) is 0 Å². The number of amides is 1. The summed E-state index contributed by atoms with van der Waals surface area (Å²) in [4.78, 5) is 12.0. The molecule has 0 fully saturated rings. The second-order valence-electron chi connectivity index (χ2n) is 5.47. The van der Waals surface area contributed by atoms with E-state index < -0.39 is 21.7 Å². The van der Waals surface area contributed by atoms with Gasteiger partial charge in [-0.15, -0.1) is 0 Å². The predicted molar refractivity (Wildman–Crippen MR) is 90.8 cm³/mol. The van der Waals surface area contributed by atoms with Gasteiger partial charge in [0.15, 0.2) is 0 Å². The summed E-state index contributed by atoms with van der Waals surface area (Å²) >= 11 is 0. The molecule has 24 heavy (non-hydrogen) atoms. The Kier molecular flexibility index (Phi) is 5.69. The van der Waals surface area contributed by atoms with Gasteiger partial charge < -0.3 is 5.32 Å². The van der Waals surface area contributed by atoms with E-state index in [2.05, 4.69) is 10.0 Å². The van der Waals surface area contributed by atoms with E-state index in [0.29, 0.717) is 5.69 Å². The van der Waals surface area contributed by atoms with Crippen LogP contribution < -0.4 is 10.0 Å². The Bertz CT molecular complexity index is 833. The molecule has 0 saturated carbocycles. The van der Waals surface area contributed by atoms with E-state index >= 15 is 0 Å². The Morgan fingerprint density at radius 2 is 1.75 bits per heavy atom. The summed E-state index contributed by atoms with van der Waals surface area (Å²) in [5.41, 5.74) is 2.06.